The second-order valence-electron chi connectivity index (χ2n) is 7.28. The van der Waals surface area contributed by atoms with E-state index in [9.17, 15) is 14.4 Å². The van der Waals surface area contributed by atoms with Crippen LogP contribution in [0.15, 0.2) is 41.2 Å². The molecule has 0 aliphatic carbocycles. The molecular formula is C22H19Cl2N3O4. The summed E-state index contributed by atoms with van der Waals surface area (Å²) in [4.78, 5) is 41.9. The van der Waals surface area contributed by atoms with Gasteiger partial charge in [-0.05, 0) is 49.2 Å². The van der Waals surface area contributed by atoms with Gasteiger partial charge < -0.3 is 10.1 Å². The van der Waals surface area contributed by atoms with Crippen molar-refractivity contribution in [1.82, 2.24) is 9.55 Å². The van der Waals surface area contributed by atoms with E-state index in [1.54, 1.807) is 22.8 Å². The predicted molar refractivity (Wildman–Crippen MR) is 119 cm³/mol. The van der Waals surface area contributed by atoms with Crippen molar-refractivity contribution in [2.24, 2.45) is 0 Å². The van der Waals surface area contributed by atoms with Crippen molar-refractivity contribution in [2.75, 3.05) is 11.9 Å². The van der Waals surface area contributed by atoms with Crippen molar-refractivity contribution < 1.29 is 14.3 Å². The van der Waals surface area contributed by atoms with Crippen LogP contribution in [0.1, 0.15) is 35.4 Å². The summed E-state index contributed by atoms with van der Waals surface area (Å²) in [6.45, 7) is 0.187. The van der Waals surface area contributed by atoms with Crippen molar-refractivity contribution in [3.8, 4) is 0 Å². The van der Waals surface area contributed by atoms with Crippen LogP contribution in [-0.4, -0.2) is 28.0 Å². The third-order valence-electron chi connectivity index (χ3n) is 5.09. The SMILES string of the molecule is O=C(COC(=O)c1ccc2c(=O)n3c(nc2c1)CCCCC3)Nc1ccc(Cl)c(Cl)c1. The van der Waals surface area contributed by atoms with Crippen LogP contribution in [-0.2, 0) is 22.5 Å². The Morgan fingerprint density at radius 1 is 1.06 bits per heavy atom. The highest BCUT2D eigenvalue weighted by Crippen LogP contribution is 2.25. The summed E-state index contributed by atoms with van der Waals surface area (Å²) in [7, 11) is 0. The Hall–Kier alpha value is -2.90. The predicted octanol–water partition coefficient (Wildman–Crippen LogP) is 4.23. The maximum absolute atomic E-state index is 12.8. The molecule has 7 nitrogen and oxygen atoms in total. The summed E-state index contributed by atoms with van der Waals surface area (Å²) in [6.07, 6.45) is 3.72. The summed E-state index contributed by atoms with van der Waals surface area (Å²) >= 11 is 11.8. The molecule has 1 aliphatic rings. The van der Waals surface area contributed by atoms with Gasteiger partial charge in [0, 0.05) is 18.7 Å². The number of hydrogen-bond donors (Lipinski definition) is 1. The van der Waals surface area contributed by atoms with E-state index in [-0.39, 0.29) is 11.1 Å². The molecule has 2 aromatic carbocycles. The maximum atomic E-state index is 12.8. The summed E-state index contributed by atoms with van der Waals surface area (Å²) < 4.78 is 6.83. The van der Waals surface area contributed by atoms with E-state index in [2.05, 4.69) is 10.3 Å². The second kappa shape index (κ2) is 9.08. The Bertz CT molecular complexity index is 1240. The van der Waals surface area contributed by atoms with Gasteiger partial charge in [-0.25, -0.2) is 9.78 Å². The van der Waals surface area contributed by atoms with Crippen molar-refractivity contribution in [1.29, 1.82) is 0 Å². The monoisotopic (exact) mass is 459 g/mol. The number of benzene rings is 2. The number of anilines is 1. The highest BCUT2D eigenvalue weighted by atomic mass is 35.5. The molecule has 0 saturated heterocycles. The van der Waals surface area contributed by atoms with Gasteiger partial charge in [-0.15, -0.1) is 0 Å². The van der Waals surface area contributed by atoms with Crippen LogP contribution in [0.3, 0.4) is 0 Å². The van der Waals surface area contributed by atoms with E-state index >= 15 is 0 Å². The molecule has 0 saturated carbocycles. The summed E-state index contributed by atoms with van der Waals surface area (Å²) in [6, 6.07) is 9.26. The van der Waals surface area contributed by atoms with E-state index in [0.29, 0.717) is 33.2 Å². The van der Waals surface area contributed by atoms with Gasteiger partial charge in [0.1, 0.15) is 5.82 Å². The topological polar surface area (TPSA) is 90.3 Å². The molecule has 1 aliphatic heterocycles. The molecule has 1 amide bonds. The van der Waals surface area contributed by atoms with Crippen molar-refractivity contribution in [3.63, 3.8) is 0 Å². The molecule has 0 atom stereocenters. The first-order valence-corrected chi connectivity index (χ1v) is 10.6. The third-order valence-corrected chi connectivity index (χ3v) is 5.83. The van der Waals surface area contributed by atoms with E-state index in [4.69, 9.17) is 27.9 Å². The lowest BCUT2D eigenvalue weighted by atomic mass is 10.1. The number of carbonyl (C=O) groups is 2. The van der Waals surface area contributed by atoms with E-state index in [1.807, 2.05) is 0 Å². The van der Waals surface area contributed by atoms with E-state index < -0.39 is 18.5 Å². The largest absolute Gasteiger partial charge is 0.452 e. The van der Waals surface area contributed by atoms with E-state index in [0.717, 1.165) is 31.5 Å². The highest BCUT2D eigenvalue weighted by Gasteiger charge is 2.16. The molecule has 160 valence electrons. The molecule has 4 rings (SSSR count). The van der Waals surface area contributed by atoms with Crippen molar-refractivity contribution in [2.45, 2.75) is 32.2 Å². The lowest BCUT2D eigenvalue weighted by molar-refractivity contribution is -0.119. The zero-order valence-corrected chi connectivity index (χ0v) is 18.0. The van der Waals surface area contributed by atoms with Gasteiger partial charge in [0.15, 0.2) is 6.61 Å². The average Bonchev–Trinajstić information content (AvgIpc) is 3.00. The van der Waals surface area contributed by atoms with Crippen molar-refractivity contribution in [3.05, 3.63) is 68.2 Å². The van der Waals surface area contributed by atoms with Gasteiger partial charge in [0.2, 0.25) is 0 Å². The molecule has 0 fully saturated rings. The number of amides is 1. The Morgan fingerprint density at radius 2 is 1.90 bits per heavy atom. The molecule has 1 N–H and O–H groups in total. The second-order valence-corrected chi connectivity index (χ2v) is 8.10. The first-order chi connectivity index (χ1) is 14.9. The fraction of sp³-hybridized carbons (Fsp3) is 0.273. The van der Waals surface area contributed by atoms with Gasteiger partial charge in [0.05, 0.1) is 26.5 Å². The standard InChI is InChI=1S/C22H19Cl2N3O4/c23-16-8-6-14(11-17(16)24)25-20(28)12-31-22(30)13-5-7-15-18(10-13)26-19-4-2-1-3-9-27(19)21(15)29/h5-8,10-11H,1-4,9,12H2,(H,25,28). The molecule has 31 heavy (non-hydrogen) atoms. The van der Waals surface area contributed by atoms with Crippen LogP contribution < -0.4 is 10.9 Å². The Balaban J connectivity index is 1.46. The maximum Gasteiger partial charge on any atom is 0.338 e. The van der Waals surface area contributed by atoms with Crippen LogP contribution in [0, 0.1) is 0 Å². The summed E-state index contributed by atoms with van der Waals surface area (Å²) in [5, 5.41) is 3.70. The number of rotatable bonds is 4. The van der Waals surface area contributed by atoms with Crippen molar-refractivity contribution >= 4 is 51.7 Å². The number of nitrogens with one attached hydrogen (secondary N) is 1. The number of hydrogen-bond acceptors (Lipinski definition) is 5. The molecule has 2 heterocycles. The first-order valence-electron chi connectivity index (χ1n) is 9.88. The summed E-state index contributed by atoms with van der Waals surface area (Å²) in [5.74, 6) is -0.459. The minimum absolute atomic E-state index is 0.0946. The lowest BCUT2D eigenvalue weighted by Gasteiger charge is -2.11. The van der Waals surface area contributed by atoms with E-state index in [1.165, 1.54) is 18.2 Å². The Labute approximate surface area is 187 Å². The lowest BCUT2D eigenvalue weighted by Crippen LogP contribution is -2.25. The number of nitrogens with zero attached hydrogens (tertiary/aromatic N) is 2. The average molecular weight is 460 g/mol. The van der Waals surface area contributed by atoms with Gasteiger partial charge >= 0.3 is 5.97 Å². The molecule has 1 aromatic heterocycles. The number of aryl methyl sites for hydroxylation is 1. The first kappa shape index (κ1) is 21.3. The molecule has 3 aromatic rings. The quantitative estimate of drug-likeness (QED) is 0.589. The molecular weight excluding hydrogens is 441 g/mol. The number of aromatic nitrogens is 2. The molecule has 0 radical (unpaired) electrons. The fourth-order valence-corrected chi connectivity index (χ4v) is 3.83. The molecule has 9 heteroatoms. The van der Waals surface area contributed by atoms with Gasteiger partial charge in [-0.2, -0.15) is 0 Å². The number of ether oxygens (including phenoxy) is 1. The third kappa shape index (κ3) is 4.73. The minimum atomic E-state index is -0.678. The molecule has 0 unspecified atom stereocenters. The molecule has 0 bridgehead atoms. The van der Waals surface area contributed by atoms with Gasteiger partial charge in [-0.1, -0.05) is 29.6 Å². The fourth-order valence-electron chi connectivity index (χ4n) is 3.53. The Morgan fingerprint density at radius 3 is 2.71 bits per heavy atom. The Kier molecular flexibility index (Phi) is 6.25. The van der Waals surface area contributed by atoms with Crippen LogP contribution in [0.2, 0.25) is 10.0 Å². The van der Waals surface area contributed by atoms with Gasteiger partial charge in [-0.3, -0.25) is 14.2 Å². The normalized spacial score (nSPS) is 13.4. The zero-order valence-electron chi connectivity index (χ0n) is 16.5. The number of fused-ring (bicyclic) bond motifs is 2. The smallest absolute Gasteiger partial charge is 0.338 e. The number of halogens is 2. The number of carbonyl (C=O) groups excluding carboxylic acids is 2. The zero-order chi connectivity index (χ0) is 22.0. The van der Waals surface area contributed by atoms with Crippen LogP contribution >= 0.6 is 23.2 Å². The highest BCUT2D eigenvalue weighted by molar-refractivity contribution is 6.42. The molecule has 0 spiro atoms. The van der Waals surface area contributed by atoms with Crippen LogP contribution in [0.4, 0.5) is 5.69 Å². The van der Waals surface area contributed by atoms with Gasteiger partial charge in [0.25, 0.3) is 11.5 Å². The minimum Gasteiger partial charge on any atom is -0.452 e. The summed E-state index contributed by atoms with van der Waals surface area (Å²) in [5.41, 5.74) is 1.02. The van der Waals surface area contributed by atoms with Crippen LogP contribution in [0.25, 0.3) is 10.9 Å². The number of esters is 1. The van der Waals surface area contributed by atoms with Crippen LogP contribution in [0.5, 0.6) is 0 Å².